The fraction of sp³-hybridized carbons (Fsp3) is 0.400. The summed E-state index contributed by atoms with van der Waals surface area (Å²) in [6, 6.07) is 4.09. The van der Waals surface area contributed by atoms with Crippen molar-refractivity contribution in [3.05, 3.63) is 34.2 Å². The van der Waals surface area contributed by atoms with Crippen LogP contribution in [0.2, 0.25) is 0 Å². The largest absolute Gasteiger partial charge is 0.423 e. The molecule has 5 heteroatoms. The zero-order valence-corrected chi connectivity index (χ0v) is 9.38. The molecule has 1 N–H and O–H groups in total. The van der Waals surface area contributed by atoms with Gasteiger partial charge in [-0.15, -0.1) is 21.5 Å². The van der Waals surface area contributed by atoms with E-state index in [2.05, 4.69) is 21.6 Å². The number of hydrogen-bond acceptors (Lipinski definition) is 5. The maximum atomic E-state index is 5.48. The first-order valence-corrected chi connectivity index (χ1v) is 5.81. The predicted molar refractivity (Wildman–Crippen MR) is 58.8 cm³/mol. The molecule has 4 nitrogen and oxygen atoms in total. The van der Waals surface area contributed by atoms with Crippen LogP contribution in [0.5, 0.6) is 0 Å². The molecule has 0 aliphatic heterocycles. The number of nitrogens with zero attached hydrogens (tertiary/aromatic N) is 2. The summed E-state index contributed by atoms with van der Waals surface area (Å²) < 4.78 is 5.48. The van der Waals surface area contributed by atoms with Gasteiger partial charge in [0.1, 0.15) is 0 Å². The van der Waals surface area contributed by atoms with Crippen molar-refractivity contribution >= 4 is 11.3 Å². The lowest BCUT2D eigenvalue weighted by Crippen LogP contribution is -2.11. The second-order valence-corrected chi connectivity index (χ2v) is 4.16. The first-order valence-electron chi connectivity index (χ1n) is 4.93. The molecule has 0 unspecified atom stereocenters. The van der Waals surface area contributed by atoms with Crippen molar-refractivity contribution in [3.63, 3.8) is 0 Å². The summed E-state index contributed by atoms with van der Waals surface area (Å²) in [5.74, 6) is 1.34. The fourth-order valence-electron chi connectivity index (χ4n) is 1.23. The maximum absolute atomic E-state index is 5.48. The van der Waals surface area contributed by atoms with Crippen LogP contribution in [-0.4, -0.2) is 16.7 Å². The molecule has 0 aliphatic rings. The Morgan fingerprint density at radius 3 is 3.00 bits per heavy atom. The molecule has 0 bridgehead atoms. The van der Waals surface area contributed by atoms with Gasteiger partial charge in [0.15, 0.2) is 0 Å². The van der Waals surface area contributed by atoms with E-state index in [1.54, 1.807) is 11.3 Å². The van der Waals surface area contributed by atoms with Gasteiger partial charge >= 0.3 is 0 Å². The summed E-state index contributed by atoms with van der Waals surface area (Å²) in [4.78, 5) is 1.24. The fourth-order valence-corrected chi connectivity index (χ4v) is 1.92. The van der Waals surface area contributed by atoms with E-state index in [0.29, 0.717) is 18.3 Å². The lowest BCUT2D eigenvalue weighted by atomic mass is 10.3. The van der Waals surface area contributed by atoms with Gasteiger partial charge in [-0.1, -0.05) is 13.0 Å². The number of nitrogens with one attached hydrogen (secondary N) is 1. The number of aromatic nitrogens is 2. The summed E-state index contributed by atoms with van der Waals surface area (Å²) in [5, 5.41) is 13.1. The molecule has 0 spiro atoms. The molecule has 0 aliphatic carbocycles. The van der Waals surface area contributed by atoms with Gasteiger partial charge in [-0.2, -0.15) is 0 Å². The van der Waals surface area contributed by atoms with E-state index < -0.39 is 0 Å². The normalized spacial score (nSPS) is 10.7. The standard InChI is InChI=1S/C10H13N3OS/c1-2-11-7-10-13-12-9(14-10)6-8-4-3-5-15-8/h3-5,11H,2,6-7H2,1H3. The average molecular weight is 223 g/mol. The molecule has 15 heavy (non-hydrogen) atoms. The van der Waals surface area contributed by atoms with Crippen LogP contribution in [0.4, 0.5) is 0 Å². The number of rotatable bonds is 5. The second kappa shape index (κ2) is 5.04. The third-order valence-electron chi connectivity index (χ3n) is 1.94. The molecule has 0 saturated carbocycles. The molecule has 0 saturated heterocycles. The molecule has 0 radical (unpaired) electrons. The second-order valence-electron chi connectivity index (χ2n) is 3.13. The molecule has 0 fully saturated rings. The Morgan fingerprint density at radius 1 is 1.40 bits per heavy atom. The van der Waals surface area contributed by atoms with E-state index in [-0.39, 0.29) is 0 Å². The highest BCUT2D eigenvalue weighted by Crippen LogP contribution is 2.13. The van der Waals surface area contributed by atoms with Gasteiger partial charge in [-0.3, -0.25) is 0 Å². The zero-order chi connectivity index (χ0) is 10.5. The molecule has 0 aromatic carbocycles. The van der Waals surface area contributed by atoms with Crippen LogP contribution in [-0.2, 0) is 13.0 Å². The topological polar surface area (TPSA) is 51.0 Å². The third-order valence-corrected chi connectivity index (χ3v) is 2.82. The molecule has 80 valence electrons. The SMILES string of the molecule is CCNCc1nnc(Cc2cccs2)o1. The lowest BCUT2D eigenvalue weighted by Gasteiger charge is -1.93. The first kappa shape index (κ1) is 10.3. The predicted octanol–water partition coefficient (Wildman–Crippen LogP) is 1.83. The van der Waals surface area contributed by atoms with E-state index >= 15 is 0 Å². The molecule has 0 amide bonds. The molecular formula is C10H13N3OS. The minimum absolute atomic E-state index is 0.647. The Kier molecular flexibility index (Phi) is 3.47. The summed E-state index contributed by atoms with van der Waals surface area (Å²) in [5.41, 5.74) is 0. The van der Waals surface area contributed by atoms with E-state index in [9.17, 15) is 0 Å². The smallest absolute Gasteiger partial charge is 0.230 e. The van der Waals surface area contributed by atoms with Crippen molar-refractivity contribution in [2.24, 2.45) is 0 Å². The highest BCUT2D eigenvalue weighted by molar-refractivity contribution is 7.09. The van der Waals surface area contributed by atoms with E-state index in [4.69, 9.17) is 4.42 Å². The molecule has 0 atom stereocenters. The summed E-state index contributed by atoms with van der Waals surface area (Å²) in [6.45, 7) is 3.60. The van der Waals surface area contributed by atoms with Gasteiger partial charge in [0.25, 0.3) is 0 Å². The Hall–Kier alpha value is -1.20. The minimum atomic E-state index is 0.647. The Morgan fingerprint density at radius 2 is 2.27 bits per heavy atom. The van der Waals surface area contributed by atoms with E-state index in [1.807, 2.05) is 18.4 Å². The van der Waals surface area contributed by atoms with Crippen LogP contribution >= 0.6 is 11.3 Å². The van der Waals surface area contributed by atoms with E-state index in [1.165, 1.54) is 4.88 Å². The summed E-state index contributed by atoms with van der Waals surface area (Å²) in [6.07, 6.45) is 0.733. The molecule has 2 aromatic heterocycles. The number of thiophene rings is 1. The zero-order valence-electron chi connectivity index (χ0n) is 8.56. The Bertz CT molecular complexity index is 396. The van der Waals surface area contributed by atoms with Gasteiger partial charge in [0, 0.05) is 4.88 Å². The number of hydrogen-bond donors (Lipinski definition) is 1. The van der Waals surface area contributed by atoms with E-state index in [0.717, 1.165) is 13.0 Å². The van der Waals surface area contributed by atoms with Crippen molar-refractivity contribution < 1.29 is 4.42 Å². The molecule has 2 aromatic rings. The van der Waals surface area contributed by atoms with Gasteiger partial charge in [0.05, 0.1) is 13.0 Å². The van der Waals surface area contributed by atoms with Crippen molar-refractivity contribution in [2.75, 3.05) is 6.54 Å². The van der Waals surface area contributed by atoms with Crippen LogP contribution in [0, 0.1) is 0 Å². The van der Waals surface area contributed by atoms with Crippen molar-refractivity contribution in [1.82, 2.24) is 15.5 Å². The Labute approximate surface area is 92.3 Å². The van der Waals surface area contributed by atoms with Gasteiger partial charge < -0.3 is 9.73 Å². The quantitative estimate of drug-likeness (QED) is 0.840. The maximum Gasteiger partial charge on any atom is 0.230 e. The summed E-state index contributed by atoms with van der Waals surface area (Å²) >= 11 is 1.70. The lowest BCUT2D eigenvalue weighted by molar-refractivity contribution is 0.442. The molecular weight excluding hydrogens is 210 g/mol. The highest BCUT2D eigenvalue weighted by atomic mass is 32.1. The average Bonchev–Trinajstić information content (AvgIpc) is 2.87. The molecule has 2 heterocycles. The highest BCUT2D eigenvalue weighted by Gasteiger charge is 2.06. The summed E-state index contributed by atoms with van der Waals surface area (Å²) in [7, 11) is 0. The van der Waals surface area contributed by atoms with Crippen LogP contribution in [0.15, 0.2) is 21.9 Å². The third kappa shape index (κ3) is 2.87. The van der Waals surface area contributed by atoms with Gasteiger partial charge in [-0.05, 0) is 18.0 Å². The van der Waals surface area contributed by atoms with Gasteiger partial charge in [0.2, 0.25) is 11.8 Å². The van der Waals surface area contributed by atoms with Crippen LogP contribution in [0.3, 0.4) is 0 Å². The minimum Gasteiger partial charge on any atom is -0.423 e. The van der Waals surface area contributed by atoms with Gasteiger partial charge in [-0.25, -0.2) is 0 Å². The van der Waals surface area contributed by atoms with Crippen molar-refractivity contribution in [3.8, 4) is 0 Å². The molecule has 2 rings (SSSR count). The van der Waals surface area contributed by atoms with Crippen LogP contribution in [0.25, 0.3) is 0 Å². The Balaban J connectivity index is 1.95. The monoisotopic (exact) mass is 223 g/mol. The first-order chi connectivity index (χ1) is 7.38. The van der Waals surface area contributed by atoms with Crippen molar-refractivity contribution in [2.45, 2.75) is 19.9 Å². The van der Waals surface area contributed by atoms with Crippen molar-refractivity contribution in [1.29, 1.82) is 0 Å². The van der Waals surface area contributed by atoms with Crippen LogP contribution < -0.4 is 5.32 Å². The van der Waals surface area contributed by atoms with Crippen LogP contribution in [0.1, 0.15) is 23.6 Å².